The van der Waals surface area contributed by atoms with Gasteiger partial charge in [0.15, 0.2) is 5.96 Å². The molecule has 2 atom stereocenters. The number of guanidine groups is 1. The molecule has 0 aliphatic carbocycles. The van der Waals surface area contributed by atoms with Crippen LogP contribution in [-0.4, -0.2) is 89.0 Å². The van der Waals surface area contributed by atoms with Gasteiger partial charge in [-0.1, -0.05) is 6.92 Å². The molecular formula is C16H32N4O2. The van der Waals surface area contributed by atoms with Gasteiger partial charge < -0.3 is 19.7 Å². The molecule has 6 nitrogen and oxygen atoms in total. The van der Waals surface area contributed by atoms with Gasteiger partial charge >= 0.3 is 0 Å². The van der Waals surface area contributed by atoms with E-state index in [9.17, 15) is 0 Å². The van der Waals surface area contributed by atoms with Crippen LogP contribution in [0.15, 0.2) is 4.99 Å². The van der Waals surface area contributed by atoms with Crippen LogP contribution in [0, 0.1) is 11.8 Å². The van der Waals surface area contributed by atoms with Crippen LogP contribution in [0.3, 0.4) is 0 Å². The molecule has 0 radical (unpaired) electrons. The van der Waals surface area contributed by atoms with E-state index in [2.05, 4.69) is 34.1 Å². The minimum atomic E-state index is 0.595. The van der Waals surface area contributed by atoms with Crippen molar-refractivity contribution < 1.29 is 9.47 Å². The Balaban J connectivity index is 1.67. The third-order valence-corrected chi connectivity index (χ3v) is 4.41. The summed E-state index contributed by atoms with van der Waals surface area (Å²) in [5.41, 5.74) is 0. The highest BCUT2D eigenvalue weighted by atomic mass is 16.5. The molecule has 2 rings (SSSR count). The molecule has 22 heavy (non-hydrogen) atoms. The van der Waals surface area contributed by atoms with Gasteiger partial charge in [-0.25, -0.2) is 0 Å². The molecule has 2 unspecified atom stereocenters. The standard InChI is InChI=1S/C16H32N4O2/c1-14(11-20-5-8-21-9-6-20)10-18-16(17-2)19(3)12-15-4-7-22-13-15/h14-15H,4-13H2,1-3H3,(H,17,18). The Morgan fingerprint density at radius 3 is 2.73 bits per heavy atom. The monoisotopic (exact) mass is 312 g/mol. The fourth-order valence-corrected chi connectivity index (χ4v) is 3.14. The van der Waals surface area contributed by atoms with Gasteiger partial charge in [-0.15, -0.1) is 0 Å². The molecule has 0 saturated carbocycles. The van der Waals surface area contributed by atoms with Crippen molar-refractivity contribution >= 4 is 5.96 Å². The second kappa shape index (κ2) is 9.33. The first kappa shape index (κ1) is 17.5. The van der Waals surface area contributed by atoms with Crippen molar-refractivity contribution in [2.45, 2.75) is 13.3 Å². The van der Waals surface area contributed by atoms with E-state index in [4.69, 9.17) is 9.47 Å². The van der Waals surface area contributed by atoms with Gasteiger partial charge in [0.25, 0.3) is 0 Å². The van der Waals surface area contributed by atoms with Crippen LogP contribution >= 0.6 is 0 Å². The molecule has 2 heterocycles. The Kier molecular flexibility index (Phi) is 7.42. The van der Waals surface area contributed by atoms with E-state index in [0.29, 0.717) is 11.8 Å². The summed E-state index contributed by atoms with van der Waals surface area (Å²) < 4.78 is 10.8. The van der Waals surface area contributed by atoms with Crippen molar-refractivity contribution in [1.29, 1.82) is 0 Å². The minimum Gasteiger partial charge on any atom is -0.381 e. The Hall–Kier alpha value is -0.850. The summed E-state index contributed by atoms with van der Waals surface area (Å²) in [6, 6.07) is 0. The first-order valence-electron chi connectivity index (χ1n) is 8.48. The topological polar surface area (TPSA) is 49.3 Å². The number of morpholine rings is 1. The average molecular weight is 312 g/mol. The molecule has 0 spiro atoms. The van der Waals surface area contributed by atoms with E-state index >= 15 is 0 Å². The molecule has 128 valence electrons. The molecule has 0 amide bonds. The zero-order valence-electron chi connectivity index (χ0n) is 14.4. The van der Waals surface area contributed by atoms with Crippen LogP contribution in [0.4, 0.5) is 0 Å². The van der Waals surface area contributed by atoms with E-state index in [1.165, 1.54) is 0 Å². The van der Waals surface area contributed by atoms with Crippen molar-refractivity contribution in [1.82, 2.24) is 15.1 Å². The van der Waals surface area contributed by atoms with Gasteiger partial charge in [0.05, 0.1) is 19.8 Å². The van der Waals surface area contributed by atoms with Crippen LogP contribution < -0.4 is 5.32 Å². The predicted molar refractivity (Wildman–Crippen MR) is 89.3 cm³/mol. The maximum atomic E-state index is 5.45. The number of ether oxygens (including phenoxy) is 2. The summed E-state index contributed by atoms with van der Waals surface area (Å²) >= 11 is 0. The molecule has 2 aliphatic heterocycles. The summed E-state index contributed by atoms with van der Waals surface area (Å²) in [6.45, 7) is 11.0. The smallest absolute Gasteiger partial charge is 0.193 e. The molecule has 0 bridgehead atoms. The van der Waals surface area contributed by atoms with Crippen LogP contribution in [0.25, 0.3) is 0 Å². The fraction of sp³-hybridized carbons (Fsp3) is 0.938. The van der Waals surface area contributed by atoms with E-state index in [1.807, 2.05) is 7.05 Å². The van der Waals surface area contributed by atoms with Gasteiger partial charge in [0.2, 0.25) is 0 Å². The number of aliphatic imine (C=N–C) groups is 1. The van der Waals surface area contributed by atoms with Crippen LogP contribution in [0.2, 0.25) is 0 Å². The normalized spacial score (nSPS) is 25.2. The molecule has 2 fully saturated rings. The van der Waals surface area contributed by atoms with Gasteiger partial charge in [-0.2, -0.15) is 0 Å². The average Bonchev–Trinajstić information content (AvgIpc) is 3.01. The second-order valence-corrected chi connectivity index (χ2v) is 6.56. The zero-order valence-corrected chi connectivity index (χ0v) is 14.4. The third kappa shape index (κ3) is 5.74. The number of rotatable bonds is 6. The number of hydrogen-bond acceptors (Lipinski definition) is 4. The van der Waals surface area contributed by atoms with Crippen molar-refractivity contribution in [2.75, 3.05) is 73.2 Å². The van der Waals surface area contributed by atoms with Crippen LogP contribution in [-0.2, 0) is 9.47 Å². The van der Waals surface area contributed by atoms with Crippen molar-refractivity contribution in [3.05, 3.63) is 0 Å². The Morgan fingerprint density at radius 1 is 1.32 bits per heavy atom. The molecule has 2 aliphatic rings. The highest BCUT2D eigenvalue weighted by Crippen LogP contribution is 2.13. The molecule has 2 saturated heterocycles. The summed E-state index contributed by atoms with van der Waals surface area (Å²) in [4.78, 5) is 9.11. The van der Waals surface area contributed by atoms with Crippen molar-refractivity contribution in [3.8, 4) is 0 Å². The predicted octanol–water partition coefficient (Wildman–Crippen LogP) is 0.498. The fourth-order valence-electron chi connectivity index (χ4n) is 3.14. The van der Waals surface area contributed by atoms with Gasteiger partial charge in [0, 0.05) is 59.3 Å². The lowest BCUT2D eigenvalue weighted by Gasteiger charge is -2.30. The number of hydrogen-bond donors (Lipinski definition) is 1. The van der Waals surface area contributed by atoms with Crippen molar-refractivity contribution in [3.63, 3.8) is 0 Å². The quantitative estimate of drug-likeness (QED) is 0.572. The minimum absolute atomic E-state index is 0.595. The first-order chi connectivity index (χ1) is 10.7. The lowest BCUT2D eigenvalue weighted by molar-refractivity contribution is 0.0320. The maximum absolute atomic E-state index is 5.45. The van der Waals surface area contributed by atoms with Gasteiger partial charge in [-0.05, 0) is 12.3 Å². The molecular weight excluding hydrogens is 280 g/mol. The molecule has 0 aromatic carbocycles. The number of nitrogens with zero attached hydrogens (tertiary/aromatic N) is 3. The van der Waals surface area contributed by atoms with E-state index < -0.39 is 0 Å². The lowest BCUT2D eigenvalue weighted by atomic mass is 10.1. The zero-order chi connectivity index (χ0) is 15.8. The Morgan fingerprint density at radius 2 is 2.09 bits per heavy atom. The van der Waals surface area contributed by atoms with E-state index in [-0.39, 0.29) is 0 Å². The Bertz CT molecular complexity index is 339. The second-order valence-electron chi connectivity index (χ2n) is 6.56. The maximum Gasteiger partial charge on any atom is 0.193 e. The van der Waals surface area contributed by atoms with Crippen LogP contribution in [0.1, 0.15) is 13.3 Å². The van der Waals surface area contributed by atoms with Gasteiger partial charge in [0.1, 0.15) is 0 Å². The Labute approximate surface area is 134 Å². The van der Waals surface area contributed by atoms with Crippen molar-refractivity contribution in [2.24, 2.45) is 16.8 Å². The summed E-state index contributed by atoms with van der Waals surface area (Å²) in [5.74, 6) is 2.22. The summed E-state index contributed by atoms with van der Waals surface area (Å²) in [5, 5.41) is 3.51. The van der Waals surface area contributed by atoms with Gasteiger partial charge in [-0.3, -0.25) is 9.89 Å². The molecule has 6 heteroatoms. The highest BCUT2D eigenvalue weighted by Gasteiger charge is 2.19. The van der Waals surface area contributed by atoms with E-state index in [0.717, 1.165) is 71.5 Å². The SMILES string of the molecule is CN=C(NCC(C)CN1CCOCC1)N(C)CC1CCOC1. The highest BCUT2D eigenvalue weighted by molar-refractivity contribution is 5.79. The summed E-state index contributed by atoms with van der Waals surface area (Å²) in [6.07, 6.45) is 1.16. The largest absolute Gasteiger partial charge is 0.381 e. The number of nitrogens with one attached hydrogen (secondary N) is 1. The molecule has 1 N–H and O–H groups in total. The first-order valence-corrected chi connectivity index (χ1v) is 8.48. The third-order valence-electron chi connectivity index (χ3n) is 4.41. The molecule has 0 aromatic heterocycles. The molecule has 0 aromatic rings. The van der Waals surface area contributed by atoms with E-state index in [1.54, 1.807) is 0 Å². The lowest BCUT2D eigenvalue weighted by Crippen LogP contribution is -2.45. The summed E-state index contributed by atoms with van der Waals surface area (Å²) in [7, 11) is 3.97. The van der Waals surface area contributed by atoms with Crippen LogP contribution in [0.5, 0.6) is 0 Å².